The van der Waals surface area contributed by atoms with E-state index in [0.717, 1.165) is 30.1 Å². The highest BCUT2D eigenvalue weighted by Crippen LogP contribution is 2.33. The lowest BCUT2D eigenvalue weighted by Crippen LogP contribution is -2.34. The number of fused-ring (bicyclic) bond motifs is 2. The van der Waals surface area contributed by atoms with Crippen molar-refractivity contribution in [3.05, 3.63) is 65.5 Å². The zero-order chi connectivity index (χ0) is 12.7. The second-order valence-electron chi connectivity index (χ2n) is 4.80. The lowest BCUT2D eigenvalue weighted by atomic mass is 10.1. The summed E-state index contributed by atoms with van der Waals surface area (Å²) < 4.78 is 0. The first-order valence-electron chi connectivity index (χ1n) is 6.51. The highest BCUT2D eigenvalue weighted by atomic mass is 16.6. The maximum absolute atomic E-state index is 5.60. The van der Waals surface area contributed by atoms with Crippen molar-refractivity contribution in [3.63, 3.8) is 0 Å². The summed E-state index contributed by atoms with van der Waals surface area (Å²) >= 11 is 0. The average Bonchev–Trinajstić information content (AvgIpc) is 2.91. The minimum absolute atomic E-state index is 0.874. The highest BCUT2D eigenvalue weighted by Gasteiger charge is 2.24. The van der Waals surface area contributed by atoms with E-state index in [1.165, 1.54) is 11.3 Å². The van der Waals surface area contributed by atoms with Crippen LogP contribution in [0.2, 0.25) is 0 Å². The second-order valence-corrected chi connectivity index (χ2v) is 4.80. The van der Waals surface area contributed by atoms with Gasteiger partial charge in [0.05, 0.1) is 0 Å². The molecular weight excluding hydrogens is 236 g/mol. The monoisotopic (exact) mass is 250 g/mol. The molecule has 0 aliphatic carbocycles. The lowest BCUT2D eigenvalue weighted by Gasteiger charge is -2.27. The average molecular weight is 250 g/mol. The zero-order valence-corrected chi connectivity index (χ0v) is 10.5. The molecule has 3 nitrogen and oxygen atoms in total. The third-order valence-electron chi connectivity index (χ3n) is 3.65. The lowest BCUT2D eigenvalue weighted by molar-refractivity contribution is 0.221. The quantitative estimate of drug-likeness (QED) is 0.842. The molecule has 1 N–H and O–H groups in total. The van der Waals surface area contributed by atoms with Gasteiger partial charge in [-0.2, -0.15) is 0 Å². The molecule has 0 saturated carbocycles. The molecule has 19 heavy (non-hydrogen) atoms. The predicted molar refractivity (Wildman–Crippen MR) is 75.7 cm³/mol. The Morgan fingerprint density at radius 3 is 2.84 bits per heavy atom. The summed E-state index contributed by atoms with van der Waals surface area (Å²) in [4.78, 5) is 7.87. The standard InChI is InChI=1S/C16H14N2O/c1-3-7-14-12(5-1)9-10-18(14)16-11-13-6-2-4-8-15(13)19-17-16/h1-8,11,17H,9-10H2. The van der Waals surface area contributed by atoms with Crippen LogP contribution in [-0.4, -0.2) is 6.54 Å². The van der Waals surface area contributed by atoms with E-state index in [2.05, 4.69) is 46.8 Å². The van der Waals surface area contributed by atoms with Gasteiger partial charge in [0.15, 0.2) is 5.75 Å². The van der Waals surface area contributed by atoms with Crippen molar-refractivity contribution in [2.75, 3.05) is 11.4 Å². The van der Waals surface area contributed by atoms with Crippen LogP contribution in [0.4, 0.5) is 5.69 Å². The van der Waals surface area contributed by atoms with Crippen LogP contribution in [0.25, 0.3) is 6.08 Å². The summed E-state index contributed by atoms with van der Waals surface area (Å²) in [6.45, 7) is 0.990. The number of anilines is 1. The SMILES string of the molecule is C1=C(N2CCc3ccccc32)NOc2ccccc21. The molecule has 0 unspecified atom stereocenters. The molecule has 94 valence electrons. The van der Waals surface area contributed by atoms with Crippen LogP contribution in [-0.2, 0) is 6.42 Å². The van der Waals surface area contributed by atoms with Gasteiger partial charge in [0.25, 0.3) is 0 Å². The van der Waals surface area contributed by atoms with E-state index in [1.54, 1.807) is 0 Å². The molecule has 0 aromatic heterocycles. The van der Waals surface area contributed by atoms with Gasteiger partial charge in [-0.15, -0.1) is 0 Å². The molecule has 0 saturated heterocycles. The molecule has 2 aromatic rings. The summed E-state index contributed by atoms with van der Waals surface area (Å²) in [5.41, 5.74) is 6.82. The fourth-order valence-corrected chi connectivity index (χ4v) is 2.70. The van der Waals surface area contributed by atoms with E-state index in [4.69, 9.17) is 4.84 Å². The van der Waals surface area contributed by atoms with Gasteiger partial charge < -0.3 is 9.74 Å². The number of hydrogen-bond acceptors (Lipinski definition) is 3. The molecule has 4 rings (SSSR count). The normalized spacial score (nSPS) is 16.0. The fraction of sp³-hybridized carbons (Fsp3) is 0.125. The zero-order valence-electron chi connectivity index (χ0n) is 10.5. The number of nitrogens with one attached hydrogen (secondary N) is 1. The molecular formula is C16H14N2O. The summed E-state index contributed by atoms with van der Waals surface area (Å²) in [5.74, 6) is 1.88. The van der Waals surface area contributed by atoms with Crippen LogP contribution in [0.1, 0.15) is 11.1 Å². The first-order valence-corrected chi connectivity index (χ1v) is 6.51. The fourth-order valence-electron chi connectivity index (χ4n) is 2.70. The predicted octanol–water partition coefficient (Wildman–Crippen LogP) is 2.94. The molecule has 0 atom stereocenters. The number of hydrogen-bond donors (Lipinski definition) is 1. The highest BCUT2D eigenvalue weighted by molar-refractivity contribution is 5.69. The van der Waals surface area contributed by atoms with Crippen LogP contribution >= 0.6 is 0 Å². The van der Waals surface area contributed by atoms with Crippen LogP contribution in [0.15, 0.2) is 54.4 Å². The van der Waals surface area contributed by atoms with Gasteiger partial charge >= 0.3 is 0 Å². The smallest absolute Gasteiger partial charge is 0.162 e. The Morgan fingerprint density at radius 2 is 1.84 bits per heavy atom. The third kappa shape index (κ3) is 1.66. The number of hydroxylamine groups is 1. The largest absolute Gasteiger partial charge is 0.380 e. The van der Waals surface area contributed by atoms with Crippen molar-refractivity contribution in [1.82, 2.24) is 5.48 Å². The van der Waals surface area contributed by atoms with Crippen molar-refractivity contribution in [3.8, 4) is 5.75 Å². The summed E-state index contributed by atoms with van der Waals surface area (Å²) in [7, 11) is 0. The Bertz CT molecular complexity index is 663. The number of benzene rings is 2. The topological polar surface area (TPSA) is 24.5 Å². The maximum Gasteiger partial charge on any atom is 0.162 e. The van der Waals surface area contributed by atoms with Crippen molar-refractivity contribution in [2.45, 2.75) is 6.42 Å². The molecule has 3 heteroatoms. The molecule has 2 aliphatic heterocycles. The number of para-hydroxylation sites is 2. The van der Waals surface area contributed by atoms with Crippen LogP contribution in [0.3, 0.4) is 0 Å². The van der Waals surface area contributed by atoms with Crippen LogP contribution < -0.4 is 15.2 Å². The van der Waals surface area contributed by atoms with Crippen molar-refractivity contribution in [2.24, 2.45) is 0 Å². The number of rotatable bonds is 1. The molecule has 2 aromatic carbocycles. The van der Waals surface area contributed by atoms with Gasteiger partial charge in [0.1, 0.15) is 5.82 Å². The van der Waals surface area contributed by atoms with Crippen molar-refractivity contribution >= 4 is 11.8 Å². The van der Waals surface area contributed by atoms with E-state index < -0.39 is 0 Å². The first-order chi connectivity index (χ1) is 9.42. The molecule has 2 heterocycles. The van der Waals surface area contributed by atoms with Crippen LogP contribution in [0, 0.1) is 0 Å². The molecule has 0 fully saturated rings. The van der Waals surface area contributed by atoms with E-state index in [1.807, 2.05) is 18.2 Å². The van der Waals surface area contributed by atoms with E-state index in [-0.39, 0.29) is 0 Å². The molecule has 0 amide bonds. The summed E-state index contributed by atoms with van der Waals surface area (Å²) in [6, 6.07) is 16.6. The Morgan fingerprint density at radius 1 is 1.00 bits per heavy atom. The van der Waals surface area contributed by atoms with Crippen LogP contribution in [0.5, 0.6) is 5.75 Å². The summed E-state index contributed by atoms with van der Waals surface area (Å²) in [5, 5.41) is 0. The number of nitrogens with zero attached hydrogens (tertiary/aromatic N) is 1. The first kappa shape index (κ1) is 10.5. The van der Waals surface area contributed by atoms with E-state index >= 15 is 0 Å². The molecule has 0 spiro atoms. The molecule has 0 bridgehead atoms. The van der Waals surface area contributed by atoms with Crippen molar-refractivity contribution < 1.29 is 4.84 Å². The minimum atomic E-state index is 0.874. The van der Waals surface area contributed by atoms with Crippen molar-refractivity contribution in [1.29, 1.82) is 0 Å². The molecule has 0 radical (unpaired) electrons. The van der Waals surface area contributed by atoms with Gasteiger partial charge in [0.2, 0.25) is 0 Å². The Kier molecular flexibility index (Phi) is 2.24. The second kappa shape index (κ2) is 4.05. The van der Waals surface area contributed by atoms with Gasteiger partial charge in [-0.05, 0) is 30.2 Å². The Balaban J connectivity index is 1.74. The van der Waals surface area contributed by atoms with E-state index in [9.17, 15) is 0 Å². The third-order valence-corrected chi connectivity index (χ3v) is 3.65. The van der Waals surface area contributed by atoms with Gasteiger partial charge in [-0.1, -0.05) is 36.4 Å². The maximum atomic E-state index is 5.60. The Labute approximate surface area is 112 Å². The minimum Gasteiger partial charge on any atom is -0.380 e. The van der Waals surface area contributed by atoms with E-state index in [0.29, 0.717) is 0 Å². The van der Waals surface area contributed by atoms with Gasteiger partial charge in [-0.3, -0.25) is 0 Å². The van der Waals surface area contributed by atoms with Gasteiger partial charge in [-0.25, -0.2) is 5.48 Å². The molecule has 2 aliphatic rings. The Hall–Kier alpha value is -2.42. The summed E-state index contributed by atoms with van der Waals surface area (Å²) in [6.07, 6.45) is 3.22. The van der Waals surface area contributed by atoms with Gasteiger partial charge in [0, 0.05) is 17.8 Å².